The highest BCUT2D eigenvalue weighted by atomic mass is 14.3. The van der Waals surface area contributed by atoms with Gasteiger partial charge in [0, 0.05) is 0 Å². The minimum atomic E-state index is 0.115. The molecule has 0 bridgehead atoms. The molecule has 0 nitrogen and oxygen atoms in total. The fourth-order valence-corrected chi connectivity index (χ4v) is 4.40. The van der Waals surface area contributed by atoms with Gasteiger partial charge in [-0.2, -0.15) is 0 Å². The normalized spacial score (nSPS) is 14.6. The van der Waals surface area contributed by atoms with Crippen LogP contribution >= 0.6 is 0 Å². The van der Waals surface area contributed by atoms with Crippen LogP contribution < -0.4 is 0 Å². The second kappa shape index (κ2) is 8.42. The molecule has 0 N–H and O–H groups in total. The lowest BCUT2D eigenvalue weighted by Crippen LogP contribution is -2.25. The molecule has 0 aromatic heterocycles. The van der Waals surface area contributed by atoms with Crippen molar-refractivity contribution in [3.63, 3.8) is 0 Å². The third-order valence-corrected chi connectivity index (χ3v) is 6.56. The maximum atomic E-state index is 2.50. The molecule has 2 rings (SSSR count). The van der Waals surface area contributed by atoms with E-state index in [0.29, 0.717) is 5.92 Å². The van der Waals surface area contributed by atoms with E-state index in [0.717, 1.165) is 6.42 Å². The number of hydrogen-bond acceptors (Lipinski definition) is 0. The van der Waals surface area contributed by atoms with Gasteiger partial charge < -0.3 is 0 Å². The van der Waals surface area contributed by atoms with Crippen LogP contribution in [0, 0.1) is 0 Å². The molecule has 2 aromatic carbocycles. The third-order valence-electron chi connectivity index (χ3n) is 6.56. The number of rotatable bonds is 3. The average molecular weight is 421 g/mol. The quantitative estimate of drug-likeness (QED) is 0.464. The van der Waals surface area contributed by atoms with Crippen LogP contribution in [0.15, 0.2) is 36.4 Å². The van der Waals surface area contributed by atoms with Crippen LogP contribution in [-0.4, -0.2) is 0 Å². The first-order valence-electron chi connectivity index (χ1n) is 12.1. The zero-order valence-corrected chi connectivity index (χ0v) is 22.7. The molecule has 0 amide bonds. The molecule has 0 fully saturated rings. The maximum Gasteiger partial charge on any atom is -0.0129 e. The van der Waals surface area contributed by atoms with Gasteiger partial charge in [-0.25, -0.2) is 0 Å². The molecule has 0 saturated carbocycles. The van der Waals surface area contributed by atoms with E-state index in [-0.39, 0.29) is 21.7 Å². The molecule has 31 heavy (non-hydrogen) atoms. The molecule has 0 heteroatoms. The molecule has 0 radical (unpaired) electrons. The zero-order valence-electron chi connectivity index (χ0n) is 22.7. The Kier molecular flexibility index (Phi) is 6.98. The van der Waals surface area contributed by atoms with Gasteiger partial charge in [0.05, 0.1) is 0 Å². The van der Waals surface area contributed by atoms with Gasteiger partial charge in [-0.15, -0.1) is 0 Å². The Hall–Kier alpha value is -1.56. The summed E-state index contributed by atoms with van der Waals surface area (Å²) in [6, 6.07) is 14.3. The SMILES string of the molecule is CC(Cc1c(C(C)(C)C)cc(C(C)(C)C)cc1C(C)(C)C)c1cccc(C(C)(C)C)c1. The van der Waals surface area contributed by atoms with Crippen LogP contribution in [0.5, 0.6) is 0 Å². The largest absolute Gasteiger partial charge is 0.0617 e. The molecule has 1 atom stereocenters. The van der Waals surface area contributed by atoms with Crippen molar-refractivity contribution in [2.45, 2.75) is 124 Å². The fraction of sp³-hybridized carbons (Fsp3) is 0.613. The van der Waals surface area contributed by atoms with Gasteiger partial charge >= 0.3 is 0 Å². The van der Waals surface area contributed by atoms with E-state index in [1.165, 1.54) is 27.8 Å². The number of benzene rings is 2. The van der Waals surface area contributed by atoms with Crippen LogP contribution in [0.25, 0.3) is 0 Å². The summed E-state index contributed by atoms with van der Waals surface area (Å²) in [5, 5.41) is 0. The van der Waals surface area contributed by atoms with Gasteiger partial charge in [-0.3, -0.25) is 0 Å². The van der Waals surface area contributed by atoms with Crippen molar-refractivity contribution in [3.8, 4) is 0 Å². The minimum absolute atomic E-state index is 0.115. The standard InChI is InChI=1S/C31H48/c1-21(22-15-14-16-23(18-22)28(2,3)4)17-25-26(30(8,9)10)19-24(29(5,6)7)20-27(25)31(11,12)13/h14-16,18-21H,17H2,1-13H3. The fourth-order valence-electron chi connectivity index (χ4n) is 4.40. The number of hydrogen-bond donors (Lipinski definition) is 0. The van der Waals surface area contributed by atoms with Gasteiger partial charge in [0.2, 0.25) is 0 Å². The third kappa shape index (κ3) is 6.24. The van der Waals surface area contributed by atoms with Crippen LogP contribution in [0.3, 0.4) is 0 Å². The van der Waals surface area contributed by atoms with Crippen molar-refractivity contribution in [2.75, 3.05) is 0 Å². The van der Waals surface area contributed by atoms with E-state index in [4.69, 9.17) is 0 Å². The second-order valence-corrected chi connectivity index (χ2v) is 13.8. The molecular weight excluding hydrogens is 372 g/mol. The van der Waals surface area contributed by atoms with Crippen molar-refractivity contribution >= 4 is 0 Å². The molecule has 0 aliphatic heterocycles. The van der Waals surface area contributed by atoms with Gasteiger partial charge in [0.15, 0.2) is 0 Å². The summed E-state index contributed by atoms with van der Waals surface area (Å²) in [5.41, 5.74) is 9.47. The lowest BCUT2D eigenvalue weighted by Gasteiger charge is -2.34. The summed E-state index contributed by atoms with van der Waals surface area (Å²) in [4.78, 5) is 0. The van der Waals surface area contributed by atoms with E-state index in [1.54, 1.807) is 5.56 Å². The van der Waals surface area contributed by atoms with Crippen LogP contribution in [0.4, 0.5) is 0 Å². The van der Waals surface area contributed by atoms with Crippen LogP contribution in [0.2, 0.25) is 0 Å². The molecule has 0 aliphatic rings. The summed E-state index contributed by atoms with van der Waals surface area (Å²) in [5.74, 6) is 0.477. The van der Waals surface area contributed by atoms with Gasteiger partial charge in [-0.1, -0.05) is 126 Å². The van der Waals surface area contributed by atoms with Crippen LogP contribution in [0.1, 0.15) is 129 Å². The Labute approximate surface area is 193 Å². The lowest BCUT2D eigenvalue weighted by molar-refractivity contribution is 0.532. The molecule has 172 valence electrons. The summed E-state index contributed by atoms with van der Waals surface area (Å²) in [7, 11) is 0. The van der Waals surface area contributed by atoms with Gasteiger partial charge in [0.1, 0.15) is 0 Å². The van der Waals surface area contributed by atoms with E-state index in [9.17, 15) is 0 Å². The average Bonchev–Trinajstić information content (AvgIpc) is 2.58. The molecule has 2 aromatic rings. The van der Waals surface area contributed by atoms with Crippen molar-refractivity contribution in [3.05, 3.63) is 69.8 Å². The minimum Gasteiger partial charge on any atom is -0.0617 e. The smallest absolute Gasteiger partial charge is 0.0129 e. The van der Waals surface area contributed by atoms with Crippen molar-refractivity contribution in [1.29, 1.82) is 0 Å². The summed E-state index contributed by atoms with van der Waals surface area (Å²) in [6.45, 7) is 30.5. The van der Waals surface area contributed by atoms with E-state index in [2.05, 4.69) is 126 Å². The first kappa shape index (κ1) is 25.7. The first-order chi connectivity index (χ1) is 13.8. The molecule has 0 saturated heterocycles. The molecule has 0 spiro atoms. The highest BCUT2D eigenvalue weighted by molar-refractivity contribution is 5.48. The predicted octanol–water partition coefficient (Wildman–Crippen LogP) is 9.22. The van der Waals surface area contributed by atoms with Crippen LogP contribution in [-0.2, 0) is 28.1 Å². The van der Waals surface area contributed by atoms with Crippen molar-refractivity contribution in [2.24, 2.45) is 0 Å². The Bertz CT molecular complexity index is 864. The molecule has 0 heterocycles. The molecule has 1 unspecified atom stereocenters. The lowest BCUT2D eigenvalue weighted by atomic mass is 9.70. The highest BCUT2D eigenvalue weighted by Crippen LogP contribution is 2.40. The van der Waals surface area contributed by atoms with Gasteiger partial charge in [0.25, 0.3) is 0 Å². The predicted molar refractivity (Wildman–Crippen MR) is 140 cm³/mol. The highest BCUT2D eigenvalue weighted by Gasteiger charge is 2.29. The van der Waals surface area contributed by atoms with Crippen molar-refractivity contribution < 1.29 is 0 Å². The Morgan fingerprint density at radius 1 is 0.581 bits per heavy atom. The molecular formula is C31H48. The summed E-state index contributed by atoms with van der Waals surface area (Å²) < 4.78 is 0. The molecule has 0 aliphatic carbocycles. The van der Waals surface area contributed by atoms with E-state index >= 15 is 0 Å². The Balaban J connectivity index is 2.67. The summed E-state index contributed by atoms with van der Waals surface area (Å²) in [6.07, 6.45) is 1.08. The second-order valence-electron chi connectivity index (χ2n) is 13.8. The Morgan fingerprint density at radius 3 is 1.42 bits per heavy atom. The Morgan fingerprint density at radius 2 is 1.03 bits per heavy atom. The van der Waals surface area contributed by atoms with E-state index < -0.39 is 0 Å². The van der Waals surface area contributed by atoms with Gasteiger partial charge in [-0.05, 0) is 67.4 Å². The zero-order chi connectivity index (χ0) is 24.0. The van der Waals surface area contributed by atoms with Crippen molar-refractivity contribution in [1.82, 2.24) is 0 Å². The topological polar surface area (TPSA) is 0 Å². The monoisotopic (exact) mass is 420 g/mol. The van der Waals surface area contributed by atoms with E-state index in [1.807, 2.05) is 0 Å². The summed E-state index contributed by atoms with van der Waals surface area (Å²) >= 11 is 0. The first-order valence-corrected chi connectivity index (χ1v) is 12.1. The maximum absolute atomic E-state index is 2.50.